The Morgan fingerprint density at radius 1 is 1.20 bits per heavy atom. The van der Waals surface area contributed by atoms with Crippen molar-refractivity contribution in [3.05, 3.63) is 46.7 Å². The van der Waals surface area contributed by atoms with Crippen molar-refractivity contribution in [1.29, 1.82) is 0 Å². The highest BCUT2D eigenvalue weighted by atomic mass is 79.9. The maximum absolute atomic E-state index is 4.04. The molecule has 0 amide bonds. The van der Waals surface area contributed by atoms with Crippen LogP contribution in [0.25, 0.3) is 0 Å². The number of benzene rings is 1. The molecule has 2 rings (SSSR count). The first kappa shape index (κ1) is 10.4. The van der Waals surface area contributed by atoms with E-state index in [2.05, 4.69) is 52.2 Å². The molecule has 3 nitrogen and oxygen atoms in total. The Morgan fingerprint density at radius 2 is 1.87 bits per heavy atom. The van der Waals surface area contributed by atoms with Crippen LogP contribution in [0.1, 0.15) is 19.4 Å². The Balaban J connectivity index is 2.41. The standard InChI is InChI=1S/C11H12BrN3/c1-11(2,15-8-7-13-14-15)9-3-5-10(12)6-4-9/h3-8H,1-2H3. The van der Waals surface area contributed by atoms with Crippen molar-refractivity contribution in [1.82, 2.24) is 15.0 Å². The minimum absolute atomic E-state index is 0.169. The molecule has 0 bridgehead atoms. The fourth-order valence-electron chi connectivity index (χ4n) is 1.50. The Hall–Kier alpha value is -1.16. The Labute approximate surface area is 97.2 Å². The van der Waals surface area contributed by atoms with Crippen molar-refractivity contribution in [3.63, 3.8) is 0 Å². The van der Waals surface area contributed by atoms with E-state index >= 15 is 0 Å². The lowest BCUT2D eigenvalue weighted by atomic mass is 9.95. The van der Waals surface area contributed by atoms with E-state index in [0.717, 1.165) is 4.47 Å². The van der Waals surface area contributed by atoms with Crippen LogP contribution in [0.5, 0.6) is 0 Å². The van der Waals surface area contributed by atoms with Crippen LogP contribution in [0.2, 0.25) is 0 Å². The predicted molar refractivity (Wildman–Crippen MR) is 62.6 cm³/mol. The fraction of sp³-hybridized carbons (Fsp3) is 0.273. The third kappa shape index (κ3) is 1.95. The van der Waals surface area contributed by atoms with E-state index in [-0.39, 0.29) is 5.54 Å². The van der Waals surface area contributed by atoms with Gasteiger partial charge in [0.15, 0.2) is 0 Å². The summed E-state index contributed by atoms with van der Waals surface area (Å²) in [5.74, 6) is 0. The summed E-state index contributed by atoms with van der Waals surface area (Å²) < 4.78 is 2.94. The lowest BCUT2D eigenvalue weighted by Gasteiger charge is -2.25. The number of rotatable bonds is 2. The summed E-state index contributed by atoms with van der Waals surface area (Å²) in [5.41, 5.74) is 1.04. The van der Waals surface area contributed by atoms with Gasteiger partial charge in [-0.2, -0.15) is 0 Å². The summed E-state index contributed by atoms with van der Waals surface area (Å²) in [4.78, 5) is 0. The van der Waals surface area contributed by atoms with Gasteiger partial charge in [-0.1, -0.05) is 33.3 Å². The van der Waals surface area contributed by atoms with Gasteiger partial charge in [0, 0.05) is 10.7 Å². The topological polar surface area (TPSA) is 30.7 Å². The summed E-state index contributed by atoms with van der Waals surface area (Å²) in [5, 5.41) is 7.88. The summed E-state index contributed by atoms with van der Waals surface area (Å²) in [6.07, 6.45) is 3.57. The van der Waals surface area contributed by atoms with E-state index < -0.39 is 0 Å². The van der Waals surface area contributed by atoms with Crippen LogP contribution in [0, 0.1) is 0 Å². The van der Waals surface area contributed by atoms with E-state index in [9.17, 15) is 0 Å². The molecule has 0 aliphatic heterocycles. The van der Waals surface area contributed by atoms with Gasteiger partial charge in [0.05, 0.1) is 11.7 Å². The van der Waals surface area contributed by atoms with Gasteiger partial charge in [0.1, 0.15) is 0 Å². The Morgan fingerprint density at radius 3 is 2.40 bits per heavy atom. The van der Waals surface area contributed by atoms with Crippen LogP contribution < -0.4 is 0 Å². The van der Waals surface area contributed by atoms with Crippen LogP contribution in [0.4, 0.5) is 0 Å². The highest BCUT2D eigenvalue weighted by Gasteiger charge is 2.23. The molecule has 1 heterocycles. The number of aromatic nitrogens is 3. The average molecular weight is 266 g/mol. The Kier molecular flexibility index (Phi) is 2.61. The third-order valence-corrected chi connectivity index (χ3v) is 3.07. The third-order valence-electron chi connectivity index (χ3n) is 2.55. The first-order valence-corrected chi connectivity index (χ1v) is 5.53. The Bertz CT molecular complexity index is 431. The van der Waals surface area contributed by atoms with Gasteiger partial charge in [-0.3, -0.25) is 0 Å². The number of halogens is 1. The molecule has 0 fully saturated rings. The van der Waals surface area contributed by atoms with Crippen LogP contribution in [-0.2, 0) is 5.54 Å². The molecule has 0 saturated carbocycles. The molecule has 1 aromatic heterocycles. The van der Waals surface area contributed by atoms with Crippen LogP contribution in [0.15, 0.2) is 41.1 Å². The quantitative estimate of drug-likeness (QED) is 0.836. The molecule has 0 N–H and O–H groups in total. The fourth-order valence-corrected chi connectivity index (χ4v) is 1.76. The number of nitrogens with zero attached hydrogens (tertiary/aromatic N) is 3. The van der Waals surface area contributed by atoms with Crippen molar-refractivity contribution in [2.75, 3.05) is 0 Å². The molecule has 15 heavy (non-hydrogen) atoms. The minimum Gasteiger partial charge on any atom is -0.243 e. The van der Waals surface area contributed by atoms with Gasteiger partial charge >= 0.3 is 0 Å². The lowest BCUT2D eigenvalue weighted by Crippen LogP contribution is -2.28. The highest BCUT2D eigenvalue weighted by Crippen LogP contribution is 2.25. The van der Waals surface area contributed by atoms with Gasteiger partial charge in [-0.05, 0) is 31.5 Å². The summed E-state index contributed by atoms with van der Waals surface area (Å²) in [6.45, 7) is 4.23. The molecule has 0 saturated heterocycles. The van der Waals surface area contributed by atoms with E-state index in [4.69, 9.17) is 0 Å². The molecule has 2 aromatic rings. The van der Waals surface area contributed by atoms with Crippen molar-refractivity contribution in [3.8, 4) is 0 Å². The van der Waals surface area contributed by atoms with Crippen molar-refractivity contribution < 1.29 is 0 Å². The zero-order valence-electron chi connectivity index (χ0n) is 8.68. The largest absolute Gasteiger partial charge is 0.243 e. The van der Waals surface area contributed by atoms with Gasteiger partial charge in [-0.15, -0.1) is 5.10 Å². The molecular weight excluding hydrogens is 254 g/mol. The normalized spacial score (nSPS) is 11.7. The van der Waals surface area contributed by atoms with E-state index in [0.29, 0.717) is 0 Å². The molecule has 0 aliphatic rings. The highest BCUT2D eigenvalue weighted by molar-refractivity contribution is 9.10. The molecule has 78 valence electrons. The van der Waals surface area contributed by atoms with Crippen molar-refractivity contribution in [2.45, 2.75) is 19.4 Å². The molecular formula is C11H12BrN3. The van der Waals surface area contributed by atoms with Gasteiger partial charge < -0.3 is 0 Å². The zero-order chi connectivity index (χ0) is 10.9. The zero-order valence-corrected chi connectivity index (χ0v) is 10.3. The second-order valence-electron chi connectivity index (χ2n) is 3.91. The van der Waals surface area contributed by atoms with Gasteiger partial charge in [0.25, 0.3) is 0 Å². The predicted octanol–water partition coefficient (Wildman–Crippen LogP) is 2.82. The van der Waals surface area contributed by atoms with Crippen LogP contribution in [-0.4, -0.2) is 15.0 Å². The van der Waals surface area contributed by atoms with Crippen molar-refractivity contribution in [2.24, 2.45) is 0 Å². The molecule has 1 aromatic carbocycles. The number of hydrogen-bond acceptors (Lipinski definition) is 2. The second-order valence-corrected chi connectivity index (χ2v) is 4.83. The van der Waals surface area contributed by atoms with Crippen LogP contribution in [0.3, 0.4) is 0 Å². The maximum atomic E-state index is 4.04. The molecule has 0 aliphatic carbocycles. The van der Waals surface area contributed by atoms with E-state index in [1.807, 2.05) is 23.0 Å². The number of hydrogen-bond donors (Lipinski definition) is 0. The summed E-state index contributed by atoms with van der Waals surface area (Å²) in [7, 11) is 0. The summed E-state index contributed by atoms with van der Waals surface area (Å²) >= 11 is 3.43. The first-order valence-electron chi connectivity index (χ1n) is 4.73. The van der Waals surface area contributed by atoms with Gasteiger partial charge in [0.2, 0.25) is 0 Å². The summed E-state index contributed by atoms with van der Waals surface area (Å²) in [6, 6.07) is 8.25. The first-order chi connectivity index (χ1) is 7.10. The van der Waals surface area contributed by atoms with Gasteiger partial charge in [-0.25, -0.2) is 4.68 Å². The maximum Gasteiger partial charge on any atom is 0.0837 e. The lowest BCUT2D eigenvalue weighted by molar-refractivity contribution is 0.380. The monoisotopic (exact) mass is 265 g/mol. The van der Waals surface area contributed by atoms with Crippen LogP contribution >= 0.6 is 15.9 Å². The molecule has 4 heteroatoms. The molecule has 0 radical (unpaired) electrons. The smallest absolute Gasteiger partial charge is 0.0837 e. The molecule has 0 atom stereocenters. The molecule has 0 unspecified atom stereocenters. The van der Waals surface area contributed by atoms with Crippen molar-refractivity contribution >= 4 is 15.9 Å². The van der Waals surface area contributed by atoms with E-state index in [1.165, 1.54) is 5.56 Å². The minimum atomic E-state index is -0.169. The average Bonchev–Trinajstić information content (AvgIpc) is 2.71. The molecule has 0 spiro atoms. The SMILES string of the molecule is CC(C)(c1ccc(Br)cc1)n1ccnn1. The van der Waals surface area contributed by atoms with E-state index in [1.54, 1.807) is 6.20 Å². The second kappa shape index (κ2) is 3.77.